The van der Waals surface area contributed by atoms with E-state index in [-0.39, 0.29) is 11.7 Å². The van der Waals surface area contributed by atoms with Crippen molar-refractivity contribution in [2.75, 3.05) is 5.32 Å². The van der Waals surface area contributed by atoms with E-state index < -0.39 is 0 Å². The molecular weight excluding hydrogens is 405 g/mol. The van der Waals surface area contributed by atoms with E-state index in [4.69, 9.17) is 28.3 Å². The van der Waals surface area contributed by atoms with Gasteiger partial charge in [-0.05, 0) is 49.6 Å². The van der Waals surface area contributed by atoms with Crippen molar-refractivity contribution in [3.8, 4) is 5.69 Å². The van der Waals surface area contributed by atoms with E-state index in [1.165, 1.54) is 0 Å². The summed E-state index contributed by atoms with van der Waals surface area (Å²) < 4.78 is 1.93. The van der Waals surface area contributed by atoms with Gasteiger partial charge in [-0.15, -0.1) is 0 Å². The first-order valence-electron chi connectivity index (χ1n) is 9.67. The first kappa shape index (κ1) is 18.5. The highest BCUT2D eigenvalue weighted by Gasteiger charge is 2.38. The number of nitrogens with zero attached hydrogens (tertiary/aromatic N) is 2. The van der Waals surface area contributed by atoms with Gasteiger partial charge in [0.25, 0.3) is 0 Å². The summed E-state index contributed by atoms with van der Waals surface area (Å²) in [7, 11) is 0. The van der Waals surface area contributed by atoms with Crippen LogP contribution in [0, 0.1) is 6.92 Å². The summed E-state index contributed by atoms with van der Waals surface area (Å²) in [5.41, 5.74) is 5.65. The number of fused-ring (bicyclic) bond motifs is 1. The van der Waals surface area contributed by atoms with E-state index in [2.05, 4.69) is 5.32 Å². The first-order valence-corrected chi connectivity index (χ1v) is 10.4. The summed E-state index contributed by atoms with van der Waals surface area (Å²) in [6.07, 6.45) is 2.27. The van der Waals surface area contributed by atoms with E-state index in [1.807, 2.05) is 54.1 Å². The Bertz CT molecular complexity index is 1160. The van der Waals surface area contributed by atoms with E-state index in [9.17, 15) is 4.79 Å². The van der Waals surface area contributed by atoms with Gasteiger partial charge in [0.05, 0.1) is 21.4 Å². The van der Waals surface area contributed by atoms with Crippen LogP contribution in [0.4, 0.5) is 5.82 Å². The Balaban J connectivity index is 1.76. The largest absolute Gasteiger partial charge is 0.343 e. The molecule has 1 unspecified atom stereocenters. The smallest absolute Gasteiger partial charge is 0.161 e. The van der Waals surface area contributed by atoms with Gasteiger partial charge >= 0.3 is 0 Å². The van der Waals surface area contributed by atoms with Crippen LogP contribution in [0.1, 0.15) is 42.0 Å². The van der Waals surface area contributed by atoms with Gasteiger partial charge in [-0.25, -0.2) is 4.68 Å². The molecule has 1 aromatic heterocycles. The van der Waals surface area contributed by atoms with Crippen molar-refractivity contribution in [3.63, 3.8) is 0 Å². The number of benzene rings is 2. The first-order chi connectivity index (χ1) is 14.0. The molecule has 0 bridgehead atoms. The van der Waals surface area contributed by atoms with Gasteiger partial charge in [0, 0.05) is 29.2 Å². The van der Waals surface area contributed by atoms with Crippen molar-refractivity contribution >= 4 is 34.8 Å². The third-order valence-corrected chi connectivity index (χ3v) is 6.43. The maximum atomic E-state index is 13.0. The van der Waals surface area contributed by atoms with E-state index in [0.717, 1.165) is 52.4 Å². The fourth-order valence-electron chi connectivity index (χ4n) is 4.40. The number of halogens is 2. The van der Waals surface area contributed by atoms with Gasteiger partial charge < -0.3 is 5.32 Å². The maximum absolute atomic E-state index is 13.0. The molecule has 4 nitrogen and oxygen atoms in total. The minimum absolute atomic E-state index is 0.187. The molecule has 2 aliphatic rings. The lowest BCUT2D eigenvalue weighted by molar-refractivity contribution is -0.116. The number of carbonyl (C=O) groups is 1. The molecule has 6 heteroatoms. The Morgan fingerprint density at radius 3 is 2.62 bits per heavy atom. The fourth-order valence-corrected chi connectivity index (χ4v) is 4.71. The maximum Gasteiger partial charge on any atom is 0.161 e. The number of carbonyl (C=O) groups excluding carboxylic acids is 1. The number of nitrogens with one attached hydrogen (secondary N) is 1. The summed E-state index contributed by atoms with van der Waals surface area (Å²) in [6.45, 7) is 1.99. The Kier molecular flexibility index (Phi) is 4.49. The molecular formula is C23H19Cl2N3O. The highest BCUT2D eigenvalue weighted by Crippen LogP contribution is 2.47. The number of allylic oxidation sites excluding steroid dienone is 2. The van der Waals surface area contributed by atoms with Gasteiger partial charge in [-0.1, -0.05) is 47.5 Å². The van der Waals surface area contributed by atoms with Gasteiger partial charge in [-0.2, -0.15) is 5.10 Å². The molecule has 2 aromatic carbocycles. The normalized spacial score (nSPS) is 18.3. The van der Waals surface area contributed by atoms with E-state index >= 15 is 0 Å². The third-order valence-electron chi connectivity index (χ3n) is 5.69. The van der Waals surface area contributed by atoms with E-state index in [1.54, 1.807) is 6.07 Å². The number of aromatic nitrogens is 2. The lowest BCUT2D eigenvalue weighted by Gasteiger charge is -2.33. The molecule has 0 fully saturated rings. The van der Waals surface area contributed by atoms with Crippen molar-refractivity contribution < 1.29 is 4.79 Å². The standard InChI is InChI=1S/C23H19Cl2N3O/c1-13-20-21(14-10-11-16(24)17(25)12-14)22-18(8-5-9-19(22)29)26-23(20)28(27-13)15-6-3-2-4-7-15/h2-4,6-7,10-12,21,26H,5,8-9H2,1H3. The summed E-state index contributed by atoms with van der Waals surface area (Å²) in [5, 5.41) is 9.36. The molecule has 1 aliphatic carbocycles. The van der Waals surface area contributed by atoms with Gasteiger partial charge in [0.2, 0.25) is 0 Å². The predicted molar refractivity (Wildman–Crippen MR) is 116 cm³/mol. The van der Waals surface area contributed by atoms with Gasteiger partial charge in [-0.3, -0.25) is 4.79 Å². The summed E-state index contributed by atoms with van der Waals surface area (Å²) in [6, 6.07) is 15.6. The second-order valence-electron chi connectivity index (χ2n) is 7.50. The van der Waals surface area contributed by atoms with Crippen LogP contribution in [-0.4, -0.2) is 15.6 Å². The average Bonchev–Trinajstić information content (AvgIpc) is 3.06. The number of ketones is 1. The molecule has 29 heavy (non-hydrogen) atoms. The highest BCUT2D eigenvalue weighted by molar-refractivity contribution is 6.42. The molecule has 0 spiro atoms. The van der Waals surface area contributed by atoms with Gasteiger partial charge in [0.1, 0.15) is 5.82 Å². The average molecular weight is 424 g/mol. The Labute approximate surface area is 179 Å². The van der Waals surface area contributed by atoms with Gasteiger partial charge in [0.15, 0.2) is 5.78 Å². The predicted octanol–water partition coefficient (Wildman–Crippen LogP) is 6.05. The molecule has 0 saturated carbocycles. The van der Waals surface area contributed by atoms with Crippen molar-refractivity contribution in [1.82, 2.24) is 9.78 Å². The van der Waals surface area contributed by atoms with Crippen molar-refractivity contribution in [2.24, 2.45) is 0 Å². The zero-order valence-electron chi connectivity index (χ0n) is 15.9. The Morgan fingerprint density at radius 1 is 1.07 bits per heavy atom. The summed E-state index contributed by atoms with van der Waals surface area (Å²) >= 11 is 12.5. The lowest BCUT2D eigenvalue weighted by atomic mass is 9.76. The molecule has 0 amide bonds. The Morgan fingerprint density at radius 2 is 1.86 bits per heavy atom. The van der Waals surface area contributed by atoms with Crippen molar-refractivity contribution in [2.45, 2.75) is 32.1 Å². The molecule has 2 heterocycles. The SMILES string of the molecule is Cc1nn(-c2ccccc2)c2c1C(c1ccc(Cl)c(Cl)c1)C1=C(CCCC1=O)N2. The number of anilines is 1. The van der Waals surface area contributed by atoms with Crippen molar-refractivity contribution in [3.05, 3.63) is 86.7 Å². The summed E-state index contributed by atoms with van der Waals surface area (Å²) in [5.74, 6) is 0.895. The minimum Gasteiger partial charge on any atom is -0.343 e. The molecule has 5 rings (SSSR count). The number of hydrogen-bond acceptors (Lipinski definition) is 3. The van der Waals surface area contributed by atoms with Crippen LogP contribution in [0.2, 0.25) is 10.0 Å². The van der Waals surface area contributed by atoms with Crippen molar-refractivity contribution in [1.29, 1.82) is 0 Å². The fraction of sp³-hybridized carbons (Fsp3) is 0.217. The number of hydrogen-bond donors (Lipinski definition) is 1. The van der Waals surface area contributed by atoms with Crippen LogP contribution in [0.15, 0.2) is 59.8 Å². The monoisotopic (exact) mass is 423 g/mol. The number of Topliss-reactive ketones (excluding diaryl/α,β-unsaturated/α-hetero) is 1. The molecule has 146 valence electrons. The molecule has 0 saturated heterocycles. The summed E-state index contributed by atoms with van der Waals surface area (Å²) in [4.78, 5) is 13.0. The van der Waals surface area contributed by atoms with Crippen LogP contribution in [0.3, 0.4) is 0 Å². The van der Waals surface area contributed by atoms with E-state index in [0.29, 0.717) is 16.5 Å². The highest BCUT2D eigenvalue weighted by atomic mass is 35.5. The molecule has 1 atom stereocenters. The topological polar surface area (TPSA) is 46.9 Å². The van der Waals surface area contributed by atoms with Crippen LogP contribution in [-0.2, 0) is 4.79 Å². The Hall–Kier alpha value is -2.56. The number of rotatable bonds is 2. The molecule has 1 N–H and O–H groups in total. The number of para-hydroxylation sites is 1. The zero-order valence-corrected chi connectivity index (χ0v) is 17.4. The second-order valence-corrected chi connectivity index (χ2v) is 8.31. The quantitative estimate of drug-likeness (QED) is 0.545. The molecule has 3 aromatic rings. The van der Waals surface area contributed by atoms with Crippen LogP contribution >= 0.6 is 23.2 Å². The second kappa shape index (κ2) is 7.05. The van der Waals surface area contributed by atoms with Crippen LogP contribution < -0.4 is 5.32 Å². The number of aryl methyl sites for hydroxylation is 1. The molecule has 0 radical (unpaired) electrons. The van der Waals surface area contributed by atoms with Crippen LogP contribution in [0.5, 0.6) is 0 Å². The molecule has 1 aliphatic heterocycles. The van der Waals surface area contributed by atoms with Crippen LogP contribution in [0.25, 0.3) is 5.69 Å². The minimum atomic E-state index is -0.207. The third kappa shape index (κ3) is 2.98. The lowest BCUT2D eigenvalue weighted by Crippen LogP contribution is -2.27. The zero-order chi connectivity index (χ0) is 20.1.